The van der Waals surface area contributed by atoms with E-state index >= 15 is 0 Å². The molecule has 4 heteroatoms. The number of nitrogens with zero attached hydrogens (tertiary/aromatic N) is 4. The Labute approximate surface area is 146 Å². The molecule has 24 heavy (non-hydrogen) atoms. The number of aryl methyl sites for hydroxylation is 1. The van der Waals surface area contributed by atoms with Crippen molar-refractivity contribution in [3.8, 4) is 0 Å². The number of benzene rings is 1. The highest BCUT2D eigenvalue weighted by Gasteiger charge is 2.23. The first-order chi connectivity index (χ1) is 11.7. The molecule has 1 fully saturated rings. The maximum absolute atomic E-state index is 4.39. The van der Waals surface area contributed by atoms with Crippen molar-refractivity contribution in [3.63, 3.8) is 0 Å². The second-order valence-corrected chi connectivity index (χ2v) is 6.95. The highest BCUT2D eigenvalue weighted by Crippen LogP contribution is 2.17. The predicted octanol–water partition coefficient (Wildman–Crippen LogP) is 3.04. The molecule has 1 aromatic heterocycles. The van der Waals surface area contributed by atoms with Gasteiger partial charge in [-0.2, -0.15) is 5.10 Å². The normalized spacial score (nSPS) is 19.0. The standard InChI is InChI=1S/C20H30N4/c1-3-24-16-19(14-21-24)15-22(2)20-10-7-12-23(17-20)13-11-18-8-5-4-6-9-18/h4-6,8-9,14,16,20H,3,7,10-13,15,17H2,1-2H3. The van der Waals surface area contributed by atoms with Crippen molar-refractivity contribution in [1.82, 2.24) is 19.6 Å². The summed E-state index contributed by atoms with van der Waals surface area (Å²) in [5.74, 6) is 0. The van der Waals surface area contributed by atoms with Gasteiger partial charge in [-0.15, -0.1) is 0 Å². The lowest BCUT2D eigenvalue weighted by Gasteiger charge is -2.37. The van der Waals surface area contributed by atoms with E-state index in [0.29, 0.717) is 6.04 Å². The van der Waals surface area contributed by atoms with Crippen LogP contribution < -0.4 is 0 Å². The van der Waals surface area contributed by atoms with Gasteiger partial charge in [0.25, 0.3) is 0 Å². The molecule has 0 amide bonds. The zero-order chi connectivity index (χ0) is 16.8. The van der Waals surface area contributed by atoms with E-state index in [9.17, 15) is 0 Å². The average Bonchev–Trinajstić information content (AvgIpc) is 3.09. The fourth-order valence-corrected chi connectivity index (χ4v) is 3.60. The van der Waals surface area contributed by atoms with Crippen molar-refractivity contribution in [3.05, 3.63) is 53.9 Å². The van der Waals surface area contributed by atoms with Crippen LogP contribution in [-0.4, -0.2) is 52.3 Å². The van der Waals surface area contributed by atoms with E-state index in [2.05, 4.69) is 65.4 Å². The molecular formula is C20H30N4. The van der Waals surface area contributed by atoms with Crippen LogP contribution in [0.1, 0.15) is 30.9 Å². The molecule has 0 aliphatic carbocycles. The van der Waals surface area contributed by atoms with Crippen LogP contribution in [0, 0.1) is 0 Å². The monoisotopic (exact) mass is 326 g/mol. The van der Waals surface area contributed by atoms with E-state index in [-0.39, 0.29) is 0 Å². The topological polar surface area (TPSA) is 24.3 Å². The number of rotatable bonds is 7. The number of likely N-dealkylation sites (N-methyl/N-ethyl adjacent to an activating group) is 1. The molecule has 1 aliphatic heterocycles. The van der Waals surface area contributed by atoms with E-state index in [4.69, 9.17) is 0 Å². The maximum atomic E-state index is 4.39. The van der Waals surface area contributed by atoms with Crippen molar-refractivity contribution < 1.29 is 0 Å². The van der Waals surface area contributed by atoms with E-state index in [0.717, 1.165) is 19.5 Å². The molecule has 4 nitrogen and oxygen atoms in total. The van der Waals surface area contributed by atoms with Crippen LogP contribution in [0.3, 0.4) is 0 Å². The molecule has 1 aliphatic rings. The van der Waals surface area contributed by atoms with Gasteiger partial charge in [0.1, 0.15) is 0 Å². The van der Waals surface area contributed by atoms with Gasteiger partial charge in [-0.05, 0) is 45.3 Å². The van der Waals surface area contributed by atoms with Gasteiger partial charge in [0.2, 0.25) is 0 Å². The second kappa shape index (κ2) is 8.45. The minimum absolute atomic E-state index is 0.652. The minimum atomic E-state index is 0.652. The van der Waals surface area contributed by atoms with E-state index < -0.39 is 0 Å². The van der Waals surface area contributed by atoms with Crippen molar-refractivity contribution in [2.24, 2.45) is 0 Å². The van der Waals surface area contributed by atoms with Gasteiger partial charge in [0, 0.05) is 44.0 Å². The number of piperidine rings is 1. The Bertz CT molecular complexity index is 607. The van der Waals surface area contributed by atoms with E-state index in [1.165, 1.54) is 43.6 Å². The number of likely N-dealkylation sites (tertiary alicyclic amines) is 1. The fraction of sp³-hybridized carbons (Fsp3) is 0.550. The summed E-state index contributed by atoms with van der Waals surface area (Å²) in [5, 5.41) is 4.39. The number of aromatic nitrogens is 2. The first-order valence-corrected chi connectivity index (χ1v) is 9.22. The summed E-state index contributed by atoms with van der Waals surface area (Å²) in [5.41, 5.74) is 2.76. The molecule has 1 atom stereocenters. The van der Waals surface area contributed by atoms with Gasteiger partial charge in [-0.3, -0.25) is 9.58 Å². The first kappa shape index (κ1) is 17.2. The molecule has 0 radical (unpaired) electrons. The molecule has 2 heterocycles. The highest BCUT2D eigenvalue weighted by molar-refractivity contribution is 5.15. The summed E-state index contributed by atoms with van der Waals surface area (Å²) in [6.45, 7) is 7.67. The Balaban J connectivity index is 1.49. The zero-order valence-corrected chi connectivity index (χ0v) is 15.1. The lowest BCUT2D eigenvalue weighted by molar-refractivity contribution is 0.112. The van der Waals surface area contributed by atoms with Crippen LogP contribution in [0.4, 0.5) is 0 Å². The Morgan fingerprint density at radius 1 is 1.21 bits per heavy atom. The molecule has 2 aromatic rings. The lowest BCUT2D eigenvalue weighted by atomic mass is 10.0. The Hall–Kier alpha value is -1.65. The Morgan fingerprint density at radius 3 is 2.79 bits per heavy atom. The van der Waals surface area contributed by atoms with Crippen LogP contribution in [0.5, 0.6) is 0 Å². The molecule has 0 saturated carbocycles. The molecule has 0 N–H and O–H groups in total. The Kier molecular flexibility index (Phi) is 6.05. The van der Waals surface area contributed by atoms with Crippen LogP contribution in [0.15, 0.2) is 42.7 Å². The Morgan fingerprint density at radius 2 is 2.04 bits per heavy atom. The third kappa shape index (κ3) is 4.68. The van der Waals surface area contributed by atoms with Crippen LogP contribution >= 0.6 is 0 Å². The fourth-order valence-electron chi connectivity index (χ4n) is 3.60. The minimum Gasteiger partial charge on any atom is -0.301 e. The SMILES string of the molecule is CCn1cc(CN(C)C2CCCN(CCc3ccccc3)C2)cn1. The van der Waals surface area contributed by atoms with Crippen molar-refractivity contribution in [2.45, 2.75) is 45.3 Å². The van der Waals surface area contributed by atoms with Gasteiger partial charge in [-0.25, -0.2) is 0 Å². The first-order valence-electron chi connectivity index (χ1n) is 9.22. The summed E-state index contributed by atoms with van der Waals surface area (Å²) >= 11 is 0. The van der Waals surface area contributed by atoms with Gasteiger partial charge >= 0.3 is 0 Å². The van der Waals surface area contributed by atoms with Gasteiger partial charge in [0.15, 0.2) is 0 Å². The zero-order valence-electron chi connectivity index (χ0n) is 15.1. The summed E-state index contributed by atoms with van der Waals surface area (Å²) in [7, 11) is 2.26. The smallest absolute Gasteiger partial charge is 0.0534 e. The molecule has 0 bridgehead atoms. The third-order valence-corrected chi connectivity index (χ3v) is 5.11. The van der Waals surface area contributed by atoms with E-state index in [1.54, 1.807) is 0 Å². The largest absolute Gasteiger partial charge is 0.301 e. The molecular weight excluding hydrogens is 296 g/mol. The predicted molar refractivity (Wildman–Crippen MR) is 99.0 cm³/mol. The summed E-state index contributed by atoms with van der Waals surface area (Å²) in [6, 6.07) is 11.5. The second-order valence-electron chi connectivity index (χ2n) is 6.95. The molecule has 1 unspecified atom stereocenters. The molecule has 0 spiro atoms. The quantitative estimate of drug-likeness (QED) is 0.781. The van der Waals surface area contributed by atoms with Crippen LogP contribution in [0.25, 0.3) is 0 Å². The summed E-state index contributed by atoms with van der Waals surface area (Å²) < 4.78 is 2.01. The maximum Gasteiger partial charge on any atom is 0.0534 e. The van der Waals surface area contributed by atoms with Gasteiger partial charge in [-0.1, -0.05) is 30.3 Å². The van der Waals surface area contributed by atoms with Crippen LogP contribution in [0.2, 0.25) is 0 Å². The average molecular weight is 326 g/mol. The van der Waals surface area contributed by atoms with Crippen molar-refractivity contribution in [2.75, 3.05) is 26.7 Å². The van der Waals surface area contributed by atoms with Crippen molar-refractivity contribution >= 4 is 0 Å². The molecule has 1 saturated heterocycles. The molecule has 3 rings (SSSR count). The number of hydrogen-bond acceptors (Lipinski definition) is 3. The summed E-state index contributed by atoms with van der Waals surface area (Å²) in [4.78, 5) is 5.14. The third-order valence-electron chi connectivity index (χ3n) is 5.11. The van der Waals surface area contributed by atoms with Gasteiger partial charge < -0.3 is 4.90 Å². The molecule has 1 aromatic carbocycles. The van der Waals surface area contributed by atoms with Crippen molar-refractivity contribution in [1.29, 1.82) is 0 Å². The summed E-state index contributed by atoms with van der Waals surface area (Å²) in [6.07, 6.45) is 7.95. The molecule has 130 valence electrons. The van der Waals surface area contributed by atoms with Crippen LogP contribution in [-0.2, 0) is 19.5 Å². The lowest BCUT2D eigenvalue weighted by Crippen LogP contribution is -2.46. The van der Waals surface area contributed by atoms with E-state index in [1.807, 2.05) is 10.9 Å². The highest BCUT2D eigenvalue weighted by atomic mass is 15.3. The number of hydrogen-bond donors (Lipinski definition) is 0. The van der Waals surface area contributed by atoms with Gasteiger partial charge in [0.05, 0.1) is 6.20 Å².